The third kappa shape index (κ3) is 5.22. The molecular weight excluding hydrogens is 382 g/mol. The van der Waals surface area contributed by atoms with Crippen molar-refractivity contribution in [3.63, 3.8) is 0 Å². The minimum Gasteiger partial charge on any atom is -0.384 e. The second kappa shape index (κ2) is 9.69. The highest BCUT2D eigenvalue weighted by Gasteiger charge is 2.22. The Morgan fingerprint density at radius 1 is 1.27 bits per heavy atom. The molecule has 0 bridgehead atoms. The van der Waals surface area contributed by atoms with Crippen LogP contribution in [0, 0.1) is 5.92 Å². The van der Waals surface area contributed by atoms with Crippen molar-refractivity contribution < 1.29 is 14.4 Å². The molecule has 1 aromatic heterocycles. The highest BCUT2D eigenvalue weighted by Crippen LogP contribution is 2.22. The molecule has 30 heavy (non-hydrogen) atoms. The molecule has 1 fully saturated rings. The second-order valence-electron chi connectivity index (χ2n) is 7.18. The van der Waals surface area contributed by atoms with E-state index in [2.05, 4.69) is 22.2 Å². The van der Waals surface area contributed by atoms with E-state index in [1.807, 2.05) is 6.07 Å². The van der Waals surface area contributed by atoms with Crippen molar-refractivity contribution in [2.45, 2.75) is 12.8 Å². The van der Waals surface area contributed by atoms with Gasteiger partial charge in [-0.2, -0.15) is 0 Å². The number of rotatable bonds is 7. The summed E-state index contributed by atoms with van der Waals surface area (Å²) in [6.45, 7) is 5.43. The average molecular weight is 407 g/mol. The van der Waals surface area contributed by atoms with Gasteiger partial charge in [-0.25, -0.2) is 4.98 Å². The monoisotopic (exact) mass is 407 g/mol. The number of carbonyl (C=O) groups excluding carboxylic acids is 3. The van der Waals surface area contributed by atoms with Gasteiger partial charge in [0.2, 0.25) is 5.91 Å². The lowest BCUT2D eigenvalue weighted by atomic mass is 9.97. The van der Waals surface area contributed by atoms with E-state index in [-0.39, 0.29) is 23.3 Å². The molecule has 0 spiro atoms. The number of nitrogens with zero attached hydrogens (tertiary/aromatic N) is 2. The third-order valence-corrected chi connectivity index (χ3v) is 5.03. The van der Waals surface area contributed by atoms with Gasteiger partial charge in [0.15, 0.2) is 0 Å². The van der Waals surface area contributed by atoms with Crippen LogP contribution in [0.1, 0.15) is 33.6 Å². The van der Waals surface area contributed by atoms with Crippen LogP contribution in [-0.2, 0) is 4.79 Å². The summed E-state index contributed by atoms with van der Waals surface area (Å²) in [5.41, 5.74) is 6.71. The van der Waals surface area contributed by atoms with E-state index in [0.29, 0.717) is 30.2 Å². The zero-order valence-electron chi connectivity index (χ0n) is 16.6. The Balaban J connectivity index is 1.70. The number of hydrogen-bond acceptors (Lipinski definition) is 5. The Bertz CT molecular complexity index is 945. The van der Waals surface area contributed by atoms with Gasteiger partial charge >= 0.3 is 0 Å². The molecule has 2 aromatic rings. The first-order chi connectivity index (χ1) is 14.5. The molecule has 156 valence electrons. The summed E-state index contributed by atoms with van der Waals surface area (Å²) in [6.07, 6.45) is 4.54. The first-order valence-electron chi connectivity index (χ1n) is 9.79. The number of primary amides is 1. The van der Waals surface area contributed by atoms with Crippen LogP contribution in [0.4, 0.5) is 11.5 Å². The molecule has 0 aliphatic carbocycles. The van der Waals surface area contributed by atoms with Crippen LogP contribution in [0.25, 0.3) is 0 Å². The van der Waals surface area contributed by atoms with Gasteiger partial charge in [-0.1, -0.05) is 24.8 Å². The van der Waals surface area contributed by atoms with Gasteiger partial charge in [-0.15, -0.1) is 0 Å². The summed E-state index contributed by atoms with van der Waals surface area (Å²) < 4.78 is 0. The average Bonchev–Trinajstić information content (AvgIpc) is 2.77. The van der Waals surface area contributed by atoms with Crippen LogP contribution in [0.15, 0.2) is 55.3 Å². The van der Waals surface area contributed by atoms with E-state index >= 15 is 0 Å². The highest BCUT2D eigenvalue weighted by atomic mass is 16.2. The van der Waals surface area contributed by atoms with Crippen LogP contribution in [0.5, 0.6) is 0 Å². The first kappa shape index (κ1) is 21.0. The van der Waals surface area contributed by atoms with E-state index in [1.165, 1.54) is 12.3 Å². The first-order valence-corrected chi connectivity index (χ1v) is 9.79. The summed E-state index contributed by atoms with van der Waals surface area (Å²) in [4.78, 5) is 41.9. The van der Waals surface area contributed by atoms with Gasteiger partial charge < -0.3 is 21.3 Å². The Kier molecular flexibility index (Phi) is 6.79. The number of piperidine rings is 1. The molecule has 0 radical (unpaired) electrons. The third-order valence-electron chi connectivity index (χ3n) is 5.03. The van der Waals surface area contributed by atoms with Gasteiger partial charge in [0.05, 0.1) is 11.3 Å². The van der Waals surface area contributed by atoms with Gasteiger partial charge in [0, 0.05) is 37.5 Å². The fourth-order valence-electron chi connectivity index (χ4n) is 3.46. The summed E-state index contributed by atoms with van der Waals surface area (Å²) in [7, 11) is 0. The molecule has 3 amide bonds. The minimum absolute atomic E-state index is 0.0765. The fourth-order valence-corrected chi connectivity index (χ4v) is 3.46. The molecule has 4 N–H and O–H groups in total. The number of aromatic nitrogens is 1. The molecule has 1 aliphatic heterocycles. The van der Waals surface area contributed by atoms with Crippen LogP contribution in [-0.4, -0.2) is 47.2 Å². The lowest BCUT2D eigenvalue weighted by Gasteiger charge is -2.32. The number of hydrogen-bond donors (Lipinski definition) is 3. The van der Waals surface area contributed by atoms with Gasteiger partial charge in [0.25, 0.3) is 11.8 Å². The number of amides is 3. The van der Waals surface area contributed by atoms with Crippen molar-refractivity contribution in [3.05, 3.63) is 66.4 Å². The van der Waals surface area contributed by atoms with E-state index in [0.717, 1.165) is 19.4 Å². The van der Waals surface area contributed by atoms with Crippen LogP contribution in [0.3, 0.4) is 0 Å². The number of carbonyl (C=O) groups is 3. The molecule has 1 aromatic carbocycles. The molecule has 8 nitrogen and oxygen atoms in total. The lowest BCUT2D eigenvalue weighted by molar-refractivity contribution is -0.127. The quantitative estimate of drug-likeness (QED) is 0.609. The summed E-state index contributed by atoms with van der Waals surface area (Å²) in [5.74, 6) is -0.459. The topological polar surface area (TPSA) is 117 Å². The largest absolute Gasteiger partial charge is 0.384 e. The van der Waals surface area contributed by atoms with Crippen molar-refractivity contribution in [2.24, 2.45) is 11.7 Å². The van der Waals surface area contributed by atoms with Crippen LogP contribution >= 0.6 is 0 Å². The van der Waals surface area contributed by atoms with Crippen molar-refractivity contribution in [3.8, 4) is 0 Å². The molecule has 3 rings (SSSR count). The van der Waals surface area contributed by atoms with E-state index < -0.39 is 5.91 Å². The maximum absolute atomic E-state index is 12.4. The minimum atomic E-state index is -0.613. The molecule has 1 saturated heterocycles. The molecule has 0 saturated carbocycles. The lowest BCUT2D eigenvalue weighted by Crippen LogP contribution is -2.41. The number of anilines is 2. The molecule has 8 heteroatoms. The van der Waals surface area contributed by atoms with Crippen molar-refractivity contribution in [2.75, 3.05) is 30.3 Å². The Hall–Kier alpha value is -3.68. The summed E-state index contributed by atoms with van der Waals surface area (Å²) >= 11 is 0. The Labute approximate surface area is 175 Å². The Morgan fingerprint density at radius 2 is 2.03 bits per heavy atom. The van der Waals surface area contributed by atoms with E-state index in [1.54, 1.807) is 35.2 Å². The number of nitrogens with two attached hydrogens (primary N) is 1. The predicted octanol–water partition coefficient (Wildman–Crippen LogP) is 2.27. The smallest absolute Gasteiger partial charge is 0.256 e. The zero-order valence-corrected chi connectivity index (χ0v) is 16.6. The van der Waals surface area contributed by atoms with Crippen molar-refractivity contribution >= 4 is 29.2 Å². The fraction of sp³-hybridized carbons (Fsp3) is 0.273. The standard InChI is InChI=1S/C22H25N5O3/c1-2-20(28)27-10-6-7-15(14-27)12-24-18-11-19(25-13-17(18)21(23)29)26-22(30)16-8-4-3-5-9-16/h2-5,8-9,11,13,15H,1,6-7,10,12,14H2,(H2,23,29)(H2,24,25,26,30)/t15-/m1/s1. The molecule has 1 aliphatic rings. The van der Waals surface area contributed by atoms with E-state index in [4.69, 9.17) is 5.73 Å². The summed E-state index contributed by atoms with van der Waals surface area (Å²) in [6, 6.07) is 10.4. The van der Waals surface area contributed by atoms with Crippen molar-refractivity contribution in [1.29, 1.82) is 0 Å². The zero-order chi connectivity index (χ0) is 21.5. The number of nitrogens with one attached hydrogen (secondary N) is 2. The number of likely N-dealkylation sites (tertiary alicyclic amines) is 1. The highest BCUT2D eigenvalue weighted by molar-refractivity contribution is 6.04. The molecular formula is C22H25N5O3. The summed E-state index contributed by atoms with van der Waals surface area (Å²) in [5, 5.41) is 5.97. The van der Waals surface area contributed by atoms with Gasteiger partial charge in [-0.3, -0.25) is 14.4 Å². The van der Waals surface area contributed by atoms with Crippen LogP contribution in [0.2, 0.25) is 0 Å². The van der Waals surface area contributed by atoms with Gasteiger partial charge in [0.1, 0.15) is 5.82 Å². The molecule has 1 atom stereocenters. The van der Waals surface area contributed by atoms with Crippen molar-refractivity contribution in [1.82, 2.24) is 9.88 Å². The second-order valence-corrected chi connectivity index (χ2v) is 7.18. The van der Waals surface area contributed by atoms with Gasteiger partial charge in [-0.05, 0) is 37.0 Å². The number of benzene rings is 1. The normalized spacial score (nSPS) is 15.9. The van der Waals surface area contributed by atoms with Crippen LogP contribution < -0.4 is 16.4 Å². The number of pyridine rings is 1. The molecule has 2 heterocycles. The Morgan fingerprint density at radius 3 is 2.73 bits per heavy atom. The SMILES string of the molecule is C=CC(=O)N1CCC[C@H](CNc2cc(NC(=O)c3ccccc3)ncc2C(N)=O)C1. The predicted molar refractivity (Wildman–Crippen MR) is 115 cm³/mol. The van der Waals surface area contributed by atoms with E-state index in [9.17, 15) is 14.4 Å². The maximum Gasteiger partial charge on any atom is 0.256 e. The maximum atomic E-state index is 12.4. The molecule has 0 unspecified atom stereocenters.